The van der Waals surface area contributed by atoms with Gasteiger partial charge in [0.1, 0.15) is 30.5 Å². The predicted molar refractivity (Wildman–Crippen MR) is 292 cm³/mol. The molecule has 1 fully saturated rings. The molecule has 1 rings (SSSR count). The van der Waals surface area contributed by atoms with Gasteiger partial charge in [0.05, 0.1) is 25.4 Å². The number of carbonyl (C=O) groups excluding carboxylic acids is 1. The normalized spacial score (nSPS) is 19.7. The fraction of sp³-hybridized carbons (Fsp3) is 0.983. The number of unbranched alkanes of at least 4 members (excludes halogenated alkanes) is 43. The first-order valence-corrected chi connectivity index (χ1v) is 30.8. The van der Waals surface area contributed by atoms with Crippen molar-refractivity contribution in [1.29, 1.82) is 0 Å². The summed E-state index contributed by atoms with van der Waals surface area (Å²) >= 11 is 0. The Morgan fingerprint density at radius 2 is 0.714 bits per heavy atom. The van der Waals surface area contributed by atoms with Gasteiger partial charge in [-0.2, -0.15) is 0 Å². The van der Waals surface area contributed by atoms with Gasteiger partial charge in [0.2, 0.25) is 5.91 Å². The lowest BCUT2D eigenvalue weighted by atomic mass is 9.99. The minimum Gasteiger partial charge on any atom is -0.394 e. The van der Waals surface area contributed by atoms with Gasteiger partial charge >= 0.3 is 0 Å². The van der Waals surface area contributed by atoms with Crippen molar-refractivity contribution in [2.45, 2.75) is 365 Å². The summed E-state index contributed by atoms with van der Waals surface area (Å²) in [6.07, 6.45) is 50.4. The molecule has 0 aliphatic carbocycles. The van der Waals surface area contributed by atoms with Crippen LogP contribution in [0.15, 0.2) is 0 Å². The third-order valence-electron chi connectivity index (χ3n) is 15.3. The Hall–Kier alpha value is -0.850. The van der Waals surface area contributed by atoms with Crippen LogP contribution in [-0.2, 0) is 14.3 Å². The van der Waals surface area contributed by atoms with Crippen LogP contribution in [0.4, 0.5) is 0 Å². The van der Waals surface area contributed by atoms with Crippen molar-refractivity contribution < 1.29 is 44.9 Å². The van der Waals surface area contributed by atoms with Crippen LogP contribution in [0.1, 0.15) is 316 Å². The van der Waals surface area contributed by atoms with E-state index in [1.807, 2.05) is 0 Å². The predicted octanol–water partition coefficient (Wildman–Crippen LogP) is 14.4. The van der Waals surface area contributed by atoms with Gasteiger partial charge in [0.15, 0.2) is 6.29 Å². The molecule has 1 aliphatic rings. The summed E-state index contributed by atoms with van der Waals surface area (Å²) in [4.78, 5) is 13.2. The highest BCUT2D eigenvalue weighted by atomic mass is 16.7. The van der Waals surface area contributed by atoms with E-state index in [9.17, 15) is 35.4 Å². The van der Waals surface area contributed by atoms with Gasteiger partial charge in [-0.05, 0) is 12.8 Å². The molecule has 1 aliphatic heterocycles. The number of ether oxygens (including phenoxy) is 2. The fourth-order valence-corrected chi connectivity index (χ4v) is 10.3. The Labute approximate surface area is 432 Å². The molecule has 0 bridgehead atoms. The standard InChI is InChI=1S/C60H119NO9/c1-3-5-7-9-11-13-15-17-19-20-21-22-23-24-25-26-27-28-29-30-31-32-33-35-37-39-41-43-45-47-49-54(64)59(68)61-52(51-69-60-58(67)57(66)56(65)55(50-62)70-60)53(63)48-46-44-42-40-38-36-34-18-16-14-12-10-8-6-4-2/h52-58,60,62-67H,3-51H2,1-2H3,(H,61,68). The average Bonchev–Trinajstić information content (AvgIpc) is 3.36. The third kappa shape index (κ3) is 38.7. The Kier molecular flexibility index (Phi) is 48.3. The van der Waals surface area contributed by atoms with Crippen molar-refractivity contribution in [3.63, 3.8) is 0 Å². The first-order chi connectivity index (χ1) is 34.3. The molecule has 0 spiro atoms. The molecule has 0 aromatic rings. The van der Waals surface area contributed by atoms with Gasteiger partial charge in [0, 0.05) is 0 Å². The van der Waals surface area contributed by atoms with Crippen molar-refractivity contribution in [2.75, 3.05) is 13.2 Å². The van der Waals surface area contributed by atoms with E-state index in [1.54, 1.807) is 0 Å². The van der Waals surface area contributed by atoms with E-state index < -0.39 is 61.5 Å². The molecule has 1 amide bonds. The monoisotopic (exact) mass is 998 g/mol. The van der Waals surface area contributed by atoms with E-state index >= 15 is 0 Å². The van der Waals surface area contributed by atoms with Crippen molar-refractivity contribution in [3.05, 3.63) is 0 Å². The minimum absolute atomic E-state index is 0.249. The van der Waals surface area contributed by atoms with Crippen LogP contribution in [0, 0.1) is 0 Å². The van der Waals surface area contributed by atoms with Gasteiger partial charge < -0.3 is 45.4 Å². The van der Waals surface area contributed by atoms with Gasteiger partial charge in [-0.3, -0.25) is 4.79 Å². The number of amides is 1. The first-order valence-electron chi connectivity index (χ1n) is 30.8. The Morgan fingerprint density at radius 3 is 1.01 bits per heavy atom. The van der Waals surface area contributed by atoms with E-state index in [-0.39, 0.29) is 6.61 Å². The van der Waals surface area contributed by atoms with Crippen molar-refractivity contribution >= 4 is 5.91 Å². The molecule has 0 radical (unpaired) electrons. The molecule has 1 heterocycles. The lowest BCUT2D eigenvalue weighted by molar-refractivity contribution is -0.302. The van der Waals surface area contributed by atoms with Crippen LogP contribution >= 0.6 is 0 Å². The van der Waals surface area contributed by atoms with Crippen LogP contribution in [0.5, 0.6) is 0 Å². The van der Waals surface area contributed by atoms with E-state index in [2.05, 4.69) is 19.2 Å². The van der Waals surface area contributed by atoms with Crippen LogP contribution in [0.2, 0.25) is 0 Å². The SMILES string of the molecule is CCCCCCCCCCCCCCCCCCCCCCCCCCCCCCCCC(O)C(=O)NC(COC1OC(CO)C(O)C(O)C1O)C(O)CCCCCCCCCCCCCCCCC. The molecule has 0 saturated carbocycles. The maximum Gasteiger partial charge on any atom is 0.249 e. The molecule has 1 saturated heterocycles. The first kappa shape index (κ1) is 67.2. The highest BCUT2D eigenvalue weighted by molar-refractivity contribution is 5.80. The summed E-state index contributed by atoms with van der Waals surface area (Å²) in [5.74, 6) is -0.576. The molecule has 10 heteroatoms. The van der Waals surface area contributed by atoms with Gasteiger partial charge in [-0.15, -0.1) is 0 Å². The topological polar surface area (TPSA) is 169 Å². The summed E-state index contributed by atoms with van der Waals surface area (Å²) in [5.41, 5.74) is 0. The molecule has 8 atom stereocenters. The second-order valence-electron chi connectivity index (χ2n) is 22.0. The van der Waals surface area contributed by atoms with Crippen LogP contribution in [0.25, 0.3) is 0 Å². The van der Waals surface area contributed by atoms with Gasteiger partial charge in [-0.25, -0.2) is 0 Å². The smallest absolute Gasteiger partial charge is 0.249 e. The Bertz CT molecular complexity index is 1080. The van der Waals surface area contributed by atoms with Crippen molar-refractivity contribution in [1.82, 2.24) is 5.32 Å². The third-order valence-corrected chi connectivity index (χ3v) is 15.3. The van der Waals surface area contributed by atoms with Crippen LogP contribution in [-0.4, -0.2) is 98.7 Å². The number of rotatable bonds is 54. The zero-order valence-electron chi connectivity index (χ0n) is 46.2. The molecule has 0 aromatic heterocycles. The number of hydrogen-bond acceptors (Lipinski definition) is 9. The second-order valence-corrected chi connectivity index (χ2v) is 22.0. The summed E-state index contributed by atoms with van der Waals surface area (Å²) in [5, 5.41) is 65.2. The Morgan fingerprint density at radius 1 is 0.429 bits per heavy atom. The molecule has 70 heavy (non-hydrogen) atoms. The summed E-state index contributed by atoms with van der Waals surface area (Å²) < 4.78 is 11.2. The van der Waals surface area contributed by atoms with E-state index in [4.69, 9.17) is 9.47 Å². The summed E-state index contributed by atoms with van der Waals surface area (Å²) in [6.45, 7) is 3.72. The maximum atomic E-state index is 13.2. The zero-order chi connectivity index (χ0) is 51.0. The number of nitrogens with one attached hydrogen (secondary N) is 1. The van der Waals surface area contributed by atoms with Crippen LogP contribution < -0.4 is 5.32 Å². The van der Waals surface area contributed by atoms with E-state index in [1.165, 1.54) is 250 Å². The van der Waals surface area contributed by atoms with E-state index in [0.29, 0.717) is 12.8 Å². The largest absolute Gasteiger partial charge is 0.394 e. The zero-order valence-corrected chi connectivity index (χ0v) is 46.2. The molecule has 8 unspecified atom stereocenters. The number of carbonyl (C=O) groups is 1. The molecular formula is C60H119NO9. The highest BCUT2D eigenvalue weighted by Gasteiger charge is 2.44. The quantitative estimate of drug-likeness (QED) is 0.0293. The van der Waals surface area contributed by atoms with Gasteiger partial charge in [0.25, 0.3) is 0 Å². The summed E-state index contributed by atoms with van der Waals surface area (Å²) in [7, 11) is 0. The molecule has 0 aromatic carbocycles. The second kappa shape index (κ2) is 50.3. The summed E-state index contributed by atoms with van der Waals surface area (Å²) in [6, 6.07) is -0.889. The minimum atomic E-state index is -1.59. The highest BCUT2D eigenvalue weighted by Crippen LogP contribution is 2.24. The van der Waals surface area contributed by atoms with Crippen LogP contribution in [0.3, 0.4) is 0 Å². The van der Waals surface area contributed by atoms with Gasteiger partial charge in [-0.1, -0.05) is 303 Å². The fourth-order valence-electron chi connectivity index (χ4n) is 10.3. The number of aliphatic hydroxyl groups excluding tert-OH is 6. The maximum absolute atomic E-state index is 13.2. The number of hydrogen-bond donors (Lipinski definition) is 7. The van der Waals surface area contributed by atoms with Crippen molar-refractivity contribution in [2.24, 2.45) is 0 Å². The lowest BCUT2D eigenvalue weighted by Crippen LogP contribution is -2.60. The number of aliphatic hydroxyl groups is 6. The molecule has 7 N–H and O–H groups in total. The molecule has 418 valence electrons. The molecule has 10 nitrogen and oxygen atoms in total. The lowest BCUT2D eigenvalue weighted by Gasteiger charge is -2.40. The molecular weight excluding hydrogens is 879 g/mol. The average molecular weight is 999 g/mol. The van der Waals surface area contributed by atoms with Crippen molar-refractivity contribution in [3.8, 4) is 0 Å². The van der Waals surface area contributed by atoms with E-state index in [0.717, 1.165) is 38.5 Å². The Balaban J connectivity index is 2.14.